The van der Waals surface area contributed by atoms with Gasteiger partial charge < -0.3 is 19.3 Å². The van der Waals surface area contributed by atoms with E-state index in [1.807, 2.05) is 41.3 Å². The van der Waals surface area contributed by atoms with E-state index in [0.717, 1.165) is 57.4 Å². The van der Waals surface area contributed by atoms with Crippen molar-refractivity contribution < 1.29 is 14.3 Å². The summed E-state index contributed by atoms with van der Waals surface area (Å²) in [4.78, 5) is 16.8. The first-order valence-corrected chi connectivity index (χ1v) is 12.1. The van der Waals surface area contributed by atoms with Crippen LogP contribution in [0.1, 0.15) is 56.9 Å². The topological polar surface area (TPSA) is 42.0 Å². The van der Waals surface area contributed by atoms with Gasteiger partial charge in [0.05, 0.1) is 6.10 Å². The van der Waals surface area contributed by atoms with Gasteiger partial charge in [0.2, 0.25) is 0 Å². The van der Waals surface area contributed by atoms with E-state index in [2.05, 4.69) is 25.1 Å². The van der Waals surface area contributed by atoms with Crippen LogP contribution in [-0.2, 0) is 16.1 Å². The van der Waals surface area contributed by atoms with Crippen LogP contribution < -0.4 is 0 Å². The first-order chi connectivity index (χ1) is 15.6. The zero-order valence-electron chi connectivity index (χ0n) is 19.9. The summed E-state index contributed by atoms with van der Waals surface area (Å²) < 4.78 is 11.7. The Kier molecular flexibility index (Phi) is 12.8. The van der Waals surface area contributed by atoms with Gasteiger partial charge in [0.25, 0.3) is 0 Å². The van der Waals surface area contributed by atoms with Crippen molar-refractivity contribution >= 4 is 6.09 Å². The lowest BCUT2D eigenvalue weighted by Crippen LogP contribution is -2.43. The highest BCUT2D eigenvalue weighted by atomic mass is 16.6. The molecule has 1 amide bonds. The number of amides is 1. The quantitative estimate of drug-likeness (QED) is 0.254. The lowest BCUT2D eigenvalue weighted by atomic mass is 9.92. The molecule has 0 saturated heterocycles. The Hall–Kier alpha value is -2.11. The van der Waals surface area contributed by atoms with Crippen molar-refractivity contribution in [1.29, 1.82) is 0 Å². The molecule has 0 unspecified atom stereocenters. The predicted octanol–water partition coefficient (Wildman–Crippen LogP) is 5.82. The van der Waals surface area contributed by atoms with Crippen molar-refractivity contribution in [3.8, 4) is 0 Å². The molecule has 1 aliphatic carbocycles. The van der Waals surface area contributed by atoms with E-state index < -0.39 is 0 Å². The minimum Gasteiger partial charge on any atom is -0.445 e. The Bertz CT molecular complexity index is 656. The number of likely N-dealkylation sites (N-methyl/N-ethyl adjacent to an activating group) is 1. The maximum atomic E-state index is 12.7. The normalized spacial score (nSPS) is 18.3. The molecule has 1 aromatic carbocycles. The smallest absolute Gasteiger partial charge is 0.410 e. The lowest BCUT2D eigenvalue weighted by Gasteiger charge is -2.35. The number of nitrogens with zero attached hydrogens (tertiary/aromatic N) is 2. The third-order valence-corrected chi connectivity index (χ3v) is 6.08. The molecule has 32 heavy (non-hydrogen) atoms. The monoisotopic (exact) mass is 442 g/mol. The molecule has 5 heteroatoms. The van der Waals surface area contributed by atoms with Crippen molar-refractivity contribution in [2.45, 2.75) is 70.1 Å². The fraction of sp³-hybridized carbons (Fsp3) is 0.593. The summed E-state index contributed by atoms with van der Waals surface area (Å²) in [6, 6.07) is 10.00. The summed E-state index contributed by atoms with van der Waals surface area (Å²) >= 11 is 0. The molecule has 0 N–H and O–H groups in total. The third kappa shape index (κ3) is 10.0. The highest BCUT2D eigenvalue weighted by Crippen LogP contribution is 2.26. The first kappa shape index (κ1) is 26.1. The number of benzene rings is 1. The fourth-order valence-corrected chi connectivity index (χ4v) is 4.24. The molecule has 5 nitrogen and oxygen atoms in total. The van der Waals surface area contributed by atoms with Gasteiger partial charge in [-0.2, -0.15) is 0 Å². The summed E-state index contributed by atoms with van der Waals surface area (Å²) in [5.41, 5.74) is 1.00. The number of hydrogen-bond acceptors (Lipinski definition) is 4. The average Bonchev–Trinajstić information content (AvgIpc) is 2.82. The largest absolute Gasteiger partial charge is 0.445 e. The Balaban J connectivity index is 1.61. The predicted molar refractivity (Wildman–Crippen MR) is 132 cm³/mol. The summed E-state index contributed by atoms with van der Waals surface area (Å²) in [5.74, 6) is 0. The average molecular weight is 443 g/mol. The number of hydrogen-bond donors (Lipinski definition) is 0. The van der Waals surface area contributed by atoms with Crippen LogP contribution in [0.25, 0.3) is 0 Å². The molecule has 2 rings (SSSR count). The van der Waals surface area contributed by atoms with Crippen molar-refractivity contribution in [2.75, 3.05) is 33.3 Å². The van der Waals surface area contributed by atoms with E-state index >= 15 is 0 Å². The molecule has 1 saturated carbocycles. The minimum atomic E-state index is -0.253. The van der Waals surface area contributed by atoms with Gasteiger partial charge in [-0.1, -0.05) is 55.3 Å². The van der Waals surface area contributed by atoms with Crippen LogP contribution in [0.5, 0.6) is 0 Å². The minimum absolute atomic E-state index is 0.198. The van der Waals surface area contributed by atoms with Crippen LogP contribution in [0.15, 0.2) is 55.6 Å². The second kappa shape index (κ2) is 15.7. The molecule has 0 heterocycles. The van der Waals surface area contributed by atoms with Gasteiger partial charge in [-0.3, -0.25) is 0 Å². The van der Waals surface area contributed by atoms with Crippen molar-refractivity contribution in [1.82, 2.24) is 9.80 Å². The second-order valence-electron chi connectivity index (χ2n) is 8.75. The van der Waals surface area contributed by atoms with Crippen LogP contribution in [0.4, 0.5) is 4.79 Å². The molecule has 0 atom stereocenters. The number of unbranched alkanes of at least 4 members (excludes halogenated alkanes) is 3. The molecule has 0 aromatic heterocycles. The van der Waals surface area contributed by atoms with Gasteiger partial charge in [-0.15, -0.1) is 13.2 Å². The van der Waals surface area contributed by atoms with Gasteiger partial charge in [0.1, 0.15) is 6.61 Å². The molecule has 0 spiro atoms. The maximum Gasteiger partial charge on any atom is 0.410 e. The molecular formula is C27H42N2O3. The Labute approximate surface area is 195 Å². The van der Waals surface area contributed by atoms with E-state index in [1.165, 1.54) is 19.3 Å². The standard InChI is InChI=1S/C27H42N2O3/c1-4-19-28(3)21-11-6-7-12-22-31-26-17-15-25(16-18-26)29(20-5-2)27(30)32-23-24-13-9-8-10-14-24/h4-5,8-10,13-14,25-26H,1-2,6-7,11-12,15-23H2,3H3/t25-,26-. The molecule has 1 aromatic rings. The number of rotatable bonds is 15. The molecule has 178 valence electrons. The molecule has 0 bridgehead atoms. The summed E-state index contributed by atoms with van der Waals surface area (Å²) in [6.07, 6.45) is 12.5. The maximum absolute atomic E-state index is 12.7. The summed E-state index contributed by atoms with van der Waals surface area (Å²) in [6.45, 7) is 11.3. The van der Waals surface area contributed by atoms with Crippen molar-refractivity contribution in [3.63, 3.8) is 0 Å². The lowest BCUT2D eigenvalue weighted by molar-refractivity contribution is 0.00492. The Morgan fingerprint density at radius 2 is 1.69 bits per heavy atom. The SMILES string of the molecule is C=CCN(C)CCCCCCO[C@H]1CC[C@H](N(CC=C)C(=O)OCc2ccccc2)CC1. The summed E-state index contributed by atoms with van der Waals surface area (Å²) in [5, 5.41) is 0. The van der Waals surface area contributed by atoms with E-state index in [9.17, 15) is 4.79 Å². The zero-order chi connectivity index (χ0) is 23.0. The summed E-state index contributed by atoms with van der Waals surface area (Å²) in [7, 11) is 2.14. The van der Waals surface area contributed by atoms with E-state index in [-0.39, 0.29) is 12.1 Å². The van der Waals surface area contributed by atoms with Gasteiger partial charge in [0.15, 0.2) is 0 Å². The van der Waals surface area contributed by atoms with Crippen LogP contribution in [0.3, 0.4) is 0 Å². The highest BCUT2D eigenvalue weighted by molar-refractivity contribution is 5.68. The van der Waals surface area contributed by atoms with E-state index in [4.69, 9.17) is 9.47 Å². The Morgan fingerprint density at radius 1 is 1.00 bits per heavy atom. The fourth-order valence-electron chi connectivity index (χ4n) is 4.24. The molecule has 1 aliphatic rings. The number of carbonyl (C=O) groups excluding carboxylic acids is 1. The molecular weight excluding hydrogens is 400 g/mol. The number of ether oxygens (including phenoxy) is 2. The first-order valence-electron chi connectivity index (χ1n) is 12.1. The van der Waals surface area contributed by atoms with Gasteiger partial charge >= 0.3 is 6.09 Å². The van der Waals surface area contributed by atoms with Gasteiger partial charge in [-0.05, 0) is 57.7 Å². The van der Waals surface area contributed by atoms with Crippen LogP contribution in [0.2, 0.25) is 0 Å². The van der Waals surface area contributed by atoms with Crippen LogP contribution >= 0.6 is 0 Å². The highest BCUT2D eigenvalue weighted by Gasteiger charge is 2.29. The van der Waals surface area contributed by atoms with Gasteiger partial charge in [-0.25, -0.2) is 4.79 Å². The second-order valence-corrected chi connectivity index (χ2v) is 8.75. The molecule has 0 radical (unpaired) electrons. The van der Waals surface area contributed by atoms with E-state index in [1.54, 1.807) is 6.08 Å². The third-order valence-electron chi connectivity index (χ3n) is 6.08. The van der Waals surface area contributed by atoms with Crippen LogP contribution in [-0.4, -0.2) is 61.3 Å². The Morgan fingerprint density at radius 3 is 2.38 bits per heavy atom. The van der Waals surface area contributed by atoms with Crippen molar-refractivity contribution in [3.05, 3.63) is 61.2 Å². The van der Waals surface area contributed by atoms with Crippen molar-refractivity contribution in [2.24, 2.45) is 0 Å². The van der Waals surface area contributed by atoms with Gasteiger partial charge in [0, 0.05) is 25.7 Å². The number of carbonyl (C=O) groups is 1. The molecule has 1 fully saturated rings. The van der Waals surface area contributed by atoms with Crippen LogP contribution in [0, 0.1) is 0 Å². The zero-order valence-corrected chi connectivity index (χ0v) is 19.9. The van der Waals surface area contributed by atoms with E-state index in [0.29, 0.717) is 19.3 Å². The molecule has 0 aliphatic heterocycles.